The van der Waals surface area contributed by atoms with Gasteiger partial charge in [-0.2, -0.15) is 0 Å². The van der Waals surface area contributed by atoms with Crippen LogP contribution in [0.4, 0.5) is 0 Å². The number of amides is 1. The van der Waals surface area contributed by atoms with Gasteiger partial charge >= 0.3 is 0 Å². The van der Waals surface area contributed by atoms with Crippen LogP contribution in [-0.4, -0.2) is 16.0 Å². The molecule has 0 rings (SSSR count). The first-order valence-electron chi connectivity index (χ1n) is 2.65. The molecule has 10 heavy (non-hydrogen) atoms. The molecule has 5 heteroatoms. The van der Waals surface area contributed by atoms with E-state index in [-0.39, 0.29) is 0 Å². The van der Waals surface area contributed by atoms with Crippen LogP contribution >= 0.6 is 23.2 Å². The molecule has 0 unspecified atom stereocenters. The maximum atomic E-state index is 10.7. The summed E-state index contributed by atoms with van der Waals surface area (Å²) >= 11 is 10.9. The number of nitrogens with one attached hydrogen (secondary N) is 1. The summed E-state index contributed by atoms with van der Waals surface area (Å²) in [5.74, 6) is -0.595. The van der Waals surface area contributed by atoms with Crippen LogP contribution in [0.2, 0.25) is 0 Å². The summed E-state index contributed by atoms with van der Waals surface area (Å²) in [5.41, 5.74) is 0.518. The van der Waals surface area contributed by atoms with E-state index >= 15 is 0 Å². The fourth-order valence-corrected chi connectivity index (χ4v) is 0.441. The summed E-state index contributed by atoms with van der Waals surface area (Å²) in [6, 6.07) is 0. The molecule has 0 spiro atoms. The number of hydroxylamine groups is 1. The monoisotopic (exact) mass is 185 g/mol. The van der Waals surface area contributed by atoms with E-state index in [1.807, 2.05) is 0 Å². The van der Waals surface area contributed by atoms with Gasteiger partial charge in [0.05, 0.1) is 5.41 Å². The first-order valence-corrected chi connectivity index (χ1v) is 3.53. The summed E-state index contributed by atoms with van der Waals surface area (Å²) in [6.45, 7) is 3.06. The van der Waals surface area contributed by atoms with Crippen LogP contribution in [0.15, 0.2) is 0 Å². The van der Waals surface area contributed by atoms with Crippen LogP contribution in [-0.2, 0) is 4.79 Å². The lowest BCUT2D eigenvalue weighted by Gasteiger charge is -2.22. The number of hydrogen-bond donors (Lipinski definition) is 2. The van der Waals surface area contributed by atoms with Crippen LogP contribution in [0.3, 0.4) is 0 Å². The zero-order valence-corrected chi connectivity index (χ0v) is 7.20. The van der Waals surface area contributed by atoms with Gasteiger partial charge in [-0.15, -0.1) is 23.2 Å². The Balaban J connectivity index is 4.24. The third kappa shape index (κ3) is 2.01. The van der Waals surface area contributed by atoms with Crippen molar-refractivity contribution >= 4 is 29.1 Å². The van der Waals surface area contributed by atoms with Crippen molar-refractivity contribution < 1.29 is 10.0 Å². The number of rotatable bonds is 2. The fraction of sp³-hybridized carbons (Fsp3) is 0.800. The van der Waals surface area contributed by atoms with Gasteiger partial charge in [-0.05, 0) is 13.8 Å². The van der Waals surface area contributed by atoms with Crippen LogP contribution in [0, 0.1) is 5.41 Å². The van der Waals surface area contributed by atoms with Crippen LogP contribution < -0.4 is 5.48 Å². The quantitative estimate of drug-likeness (QED) is 0.388. The van der Waals surface area contributed by atoms with E-state index in [1.165, 1.54) is 19.3 Å². The zero-order chi connectivity index (χ0) is 8.36. The minimum atomic E-state index is -0.960. The van der Waals surface area contributed by atoms with E-state index in [2.05, 4.69) is 0 Å². The van der Waals surface area contributed by atoms with Crippen molar-refractivity contribution in [3.63, 3.8) is 0 Å². The van der Waals surface area contributed by atoms with Crippen molar-refractivity contribution in [3.8, 4) is 0 Å². The Morgan fingerprint density at radius 2 is 2.00 bits per heavy atom. The Hall–Kier alpha value is 0.01000. The average molecular weight is 186 g/mol. The first kappa shape index (κ1) is 10.0. The Morgan fingerprint density at radius 3 is 2.10 bits per heavy atom. The molecular weight excluding hydrogens is 177 g/mol. The zero-order valence-electron chi connectivity index (χ0n) is 5.69. The minimum Gasteiger partial charge on any atom is -0.289 e. The van der Waals surface area contributed by atoms with Crippen LogP contribution in [0.25, 0.3) is 0 Å². The maximum absolute atomic E-state index is 10.7. The van der Waals surface area contributed by atoms with E-state index in [0.717, 1.165) is 0 Å². The molecule has 2 N–H and O–H groups in total. The number of hydrogen-bond acceptors (Lipinski definition) is 2. The first-order chi connectivity index (χ1) is 4.42. The Bertz CT molecular complexity index is 136. The highest BCUT2D eigenvalue weighted by Crippen LogP contribution is 2.28. The maximum Gasteiger partial charge on any atom is 0.251 e. The lowest BCUT2D eigenvalue weighted by Crippen LogP contribution is -2.39. The molecule has 0 radical (unpaired) electrons. The molecule has 60 valence electrons. The summed E-state index contributed by atoms with van der Waals surface area (Å²) in [6.07, 6.45) is 0. The van der Waals surface area contributed by atoms with Crippen molar-refractivity contribution in [3.05, 3.63) is 0 Å². The van der Waals surface area contributed by atoms with Gasteiger partial charge < -0.3 is 0 Å². The summed E-state index contributed by atoms with van der Waals surface area (Å²) in [4.78, 5) is 9.91. The minimum absolute atomic E-state index is 0.595. The van der Waals surface area contributed by atoms with Gasteiger partial charge in [0.15, 0.2) is 0 Å². The van der Waals surface area contributed by atoms with Crippen molar-refractivity contribution in [1.29, 1.82) is 0 Å². The molecule has 0 heterocycles. The summed E-state index contributed by atoms with van der Waals surface area (Å²) in [5, 5.41) is 8.20. The van der Waals surface area contributed by atoms with Crippen molar-refractivity contribution in [2.24, 2.45) is 5.41 Å². The van der Waals surface area contributed by atoms with Gasteiger partial charge in [0.2, 0.25) is 0 Å². The second-order valence-corrected chi connectivity index (χ2v) is 3.56. The van der Waals surface area contributed by atoms with Crippen molar-refractivity contribution in [1.82, 2.24) is 5.48 Å². The molecule has 0 fully saturated rings. The Labute approximate surface area is 69.3 Å². The average Bonchev–Trinajstić information content (AvgIpc) is 1.86. The number of halogens is 2. The third-order valence-electron chi connectivity index (χ3n) is 1.23. The SMILES string of the molecule is CC(C)(C(=O)NO)C(Cl)Cl. The molecule has 0 aromatic heterocycles. The Morgan fingerprint density at radius 1 is 1.60 bits per heavy atom. The normalized spacial score (nSPS) is 11.8. The molecule has 0 saturated carbocycles. The van der Waals surface area contributed by atoms with Crippen LogP contribution in [0.1, 0.15) is 13.8 Å². The lowest BCUT2D eigenvalue weighted by atomic mass is 9.95. The molecule has 3 nitrogen and oxygen atoms in total. The van der Waals surface area contributed by atoms with E-state index in [0.29, 0.717) is 0 Å². The molecule has 0 aliphatic heterocycles. The topological polar surface area (TPSA) is 49.3 Å². The highest BCUT2D eigenvalue weighted by Gasteiger charge is 2.34. The predicted molar refractivity (Wildman–Crippen MR) is 39.2 cm³/mol. The molecule has 0 aromatic rings. The van der Waals surface area contributed by atoms with E-state index < -0.39 is 16.2 Å². The van der Waals surface area contributed by atoms with Gasteiger partial charge in [-0.25, -0.2) is 5.48 Å². The van der Waals surface area contributed by atoms with Gasteiger partial charge in [0.25, 0.3) is 5.91 Å². The molecule has 1 amide bonds. The summed E-state index contributed by atoms with van der Waals surface area (Å²) in [7, 11) is 0. The molecule has 0 bridgehead atoms. The van der Waals surface area contributed by atoms with Crippen LogP contribution in [0.5, 0.6) is 0 Å². The van der Waals surface area contributed by atoms with Gasteiger partial charge in [-0.3, -0.25) is 10.0 Å². The van der Waals surface area contributed by atoms with Gasteiger partial charge in [-0.1, -0.05) is 0 Å². The highest BCUT2D eigenvalue weighted by atomic mass is 35.5. The van der Waals surface area contributed by atoms with Crippen molar-refractivity contribution in [2.45, 2.75) is 18.7 Å². The lowest BCUT2D eigenvalue weighted by molar-refractivity contribution is -0.137. The number of carbonyl (C=O) groups excluding carboxylic acids is 1. The Kier molecular flexibility index (Phi) is 3.42. The second kappa shape index (κ2) is 3.42. The standard InChI is InChI=1S/C5H9Cl2NO2/c1-5(2,3(6)7)4(9)8-10/h3,10H,1-2H3,(H,8,9). The fourth-order valence-electron chi connectivity index (χ4n) is 0.243. The molecule has 0 aliphatic rings. The highest BCUT2D eigenvalue weighted by molar-refractivity contribution is 6.45. The largest absolute Gasteiger partial charge is 0.289 e. The van der Waals surface area contributed by atoms with Gasteiger partial charge in [0.1, 0.15) is 4.84 Å². The second-order valence-electron chi connectivity index (χ2n) is 2.46. The molecule has 0 aliphatic carbocycles. The predicted octanol–water partition coefficient (Wildman–Crippen LogP) is 1.32. The molecule has 0 saturated heterocycles. The van der Waals surface area contributed by atoms with E-state index in [9.17, 15) is 4.79 Å². The molecular formula is C5H9Cl2NO2. The van der Waals surface area contributed by atoms with Gasteiger partial charge in [0, 0.05) is 0 Å². The molecule has 0 atom stereocenters. The van der Waals surface area contributed by atoms with E-state index in [1.54, 1.807) is 0 Å². The number of carbonyl (C=O) groups is 1. The summed E-state index contributed by atoms with van der Waals surface area (Å²) < 4.78 is 0. The number of alkyl halides is 2. The van der Waals surface area contributed by atoms with Crippen molar-refractivity contribution in [2.75, 3.05) is 0 Å². The van der Waals surface area contributed by atoms with E-state index in [4.69, 9.17) is 28.4 Å². The molecule has 0 aromatic carbocycles. The smallest absolute Gasteiger partial charge is 0.251 e. The third-order valence-corrected chi connectivity index (χ3v) is 2.32.